The van der Waals surface area contributed by atoms with E-state index in [0.29, 0.717) is 0 Å². The number of hydrogen-bond donors (Lipinski definition) is 1. The molecule has 1 aliphatic heterocycles. The van der Waals surface area contributed by atoms with Gasteiger partial charge in [-0.15, -0.1) is 0 Å². The van der Waals surface area contributed by atoms with Crippen LogP contribution in [-0.4, -0.2) is 62.2 Å². The summed E-state index contributed by atoms with van der Waals surface area (Å²) < 4.78 is 0. The Morgan fingerprint density at radius 1 is 1.11 bits per heavy atom. The van der Waals surface area contributed by atoms with Gasteiger partial charge >= 0.3 is 0 Å². The third-order valence-electron chi connectivity index (χ3n) is 4.73. The lowest BCUT2D eigenvalue weighted by Crippen LogP contribution is -2.45. The van der Waals surface area contributed by atoms with Crippen molar-refractivity contribution >= 4 is 0 Å². The molecule has 106 valence electrons. The molecule has 1 saturated heterocycles. The minimum absolute atomic E-state index is 0.817. The summed E-state index contributed by atoms with van der Waals surface area (Å²) in [5, 5.41) is 3.75. The van der Waals surface area contributed by atoms with Crippen molar-refractivity contribution in [3.05, 3.63) is 0 Å². The lowest BCUT2D eigenvalue weighted by Gasteiger charge is -2.33. The number of likely N-dealkylation sites (N-methyl/N-ethyl adjacent to an activating group) is 1. The molecule has 0 aromatic rings. The molecule has 0 aromatic carbocycles. The van der Waals surface area contributed by atoms with Gasteiger partial charge in [-0.3, -0.25) is 0 Å². The molecule has 2 fully saturated rings. The summed E-state index contributed by atoms with van der Waals surface area (Å²) in [6.45, 7) is 9.84. The van der Waals surface area contributed by atoms with Crippen LogP contribution in [0.4, 0.5) is 0 Å². The molecule has 2 atom stereocenters. The molecule has 1 saturated carbocycles. The Bertz CT molecular complexity index is 224. The Kier molecular flexibility index (Phi) is 5.93. The van der Waals surface area contributed by atoms with Gasteiger partial charge in [-0.05, 0) is 51.7 Å². The van der Waals surface area contributed by atoms with Crippen LogP contribution >= 0.6 is 0 Å². The average Bonchev–Trinajstić information content (AvgIpc) is 2.83. The molecule has 0 amide bonds. The Labute approximate surface area is 113 Å². The summed E-state index contributed by atoms with van der Waals surface area (Å²) in [6, 6.07) is 0.817. The summed E-state index contributed by atoms with van der Waals surface area (Å²) >= 11 is 0. The number of rotatable bonds is 6. The van der Waals surface area contributed by atoms with E-state index in [1.165, 1.54) is 71.4 Å². The molecule has 2 rings (SSSR count). The molecule has 0 aromatic heterocycles. The van der Waals surface area contributed by atoms with Crippen molar-refractivity contribution in [3.63, 3.8) is 0 Å². The highest BCUT2D eigenvalue weighted by Crippen LogP contribution is 2.28. The fourth-order valence-corrected chi connectivity index (χ4v) is 3.40. The second kappa shape index (κ2) is 7.46. The van der Waals surface area contributed by atoms with E-state index in [9.17, 15) is 0 Å². The molecule has 0 radical (unpaired) electrons. The quantitative estimate of drug-likeness (QED) is 0.778. The smallest absolute Gasteiger partial charge is 0.0110 e. The second-order valence-corrected chi connectivity index (χ2v) is 6.19. The van der Waals surface area contributed by atoms with E-state index in [-0.39, 0.29) is 0 Å². The Morgan fingerprint density at radius 2 is 1.89 bits per heavy atom. The van der Waals surface area contributed by atoms with Crippen LogP contribution in [0.3, 0.4) is 0 Å². The zero-order valence-electron chi connectivity index (χ0n) is 12.3. The average molecular weight is 253 g/mol. The van der Waals surface area contributed by atoms with Crippen molar-refractivity contribution in [2.24, 2.45) is 5.92 Å². The van der Waals surface area contributed by atoms with Crippen LogP contribution in [0.1, 0.15) is 39.0 Å². The predicted octanol–water partition coefficient (Wildman–Crippen LogP) is 1.79. The van der Waals surface area contributed by atoms with Crippen molar-refractivity contribution < 1.29 is 0 Å². The molecule has 3 heteroatoms. The lowest BCUT2D eigenvalue weighted by atomic mass is 9.99. The summed E-state index contributed by atoms with van der Waals surface area (Å²) in [7, 11) is 2.24. The van der Waals surface area contributed by atoms with Crippen molar-refractivity contribution in [2.75, 3.05) is 46.3 Å². The molecule has 18 heavy (non-hydrogen) atoms. The van der Waals surface area contributed by atoms with E-state index in [4.69, 9.17) is 0 Å². The zero-order chi connectivity index (χ0) is 12.8. The molecule has 1 heterocycles. The largest absolute Gasteiger partial charge is 0.314 e. The summed E-state index contributed by atoms with van der Waals surface area (Å²) in [6.07, 6.45) is 6.98. The van der Waals surface area contributed by atoms with Crippen LogP contribution in [0.15, 0.2) is 0 Å². The van der Waals surface area contributed by atoms with Gasteiger partial charge in [0.25, 0.3) is 0 Å². The van der Waals surface area contributed by atoms with Gasteiger partial charge in [0, 0.05) is 32.2 Å². The van der Waals surface area contributed by atoms with E-state index in [0.717, 1.165) is 12.0 Å². The summed E-state index contributed by atoms with van der Waals surface area (Å²) in [5.41, 5.74) is 0. The van der Waals surface area contributed by atoms with E-state index < -0.39 is 0 Å². The Balaban J connectivity index is 1.65. The van der Waals surface area contributed by atoms with Crippen molar-refractivity contribution in [1.82, 2.24) is 15.1 Å². The minimum Gasteiger partial charge on any atom is -0.314 e. The molecule has 1 N–H and O–H groups in total. The van der Waals surface area contributed by atoms with E-state index >= 15 is 0 Å². The SMILES string of the molecule is CCCNC1CCCC1CCN1CCN(C)CC1. The van der Waals surface area contributed by atoms with Gasteiger partial charge in [0.05, 0.1) is 0 Å². The standard InChI is InChI=1S/C15H31N3/c1-3-8-16-15-6-4-5-14(15)7-9-18-12-10-17(2)11-13-18/h14-16H,3-13H2,1-2H3. The van der Waals surface area contributed by atoms with E-state index in [1.807, 2.05) is 0 Å². The van der Waals surface area contributed by atoms with Gasteiger partial charge in [0.1, 0.15) is 0 Å². The maximum Gasteiger partial charge on any atom is 0.0110 e. The monoisotopic (exact) mass is 253 g/mol. The summed E-state index contributed by atoms with van der Waals surface area (Å²) in [4.78, 5) is 5.10. The topological polar surface area (TPSA) is 18.5 Å². The number of hydrogen-bond acceptors (Lipinski definition) is 3. The fraction of sp³-hybridized carbons (Fsp3) is 1.00. The molecule has 0 bridgehead atoms. The highest BCUT2D eigenvalue weighted by atomic mass is 15.2. The number of nitrogens with zero attached hydrogens (tertiary/aromatic N) is 2. The fourth-order valence-electron chi connectivity index (χ4n) is 3.40. The first kappa shape index (κ1) is 14.3. The highest BCUT2D eigenvalue weighted by Gasteiger charge is 2.27. The van der Waals surface area contributed by atoms with Crippen LogP contribution in [0, 0.1) is 5.92 Å². The normalized spacial score (nSPS) is 31.0. The maximum absolute atomic E-state index is 3.75. The van der Waals surface area contributed by atoms with Gasteiger partial charge in [0.15, 0.2) is 0 Å². The molecule has 3 nitrogen and oxygen atoms in total. The maximum atomic E-state index is 3.75. The van der Waals surface area contributed by atoms with Gasteiger partial charge < -0.3 is 15.1 Å². The van der Waals surface area contributed by atoms with Crippen LogP contribution in [0.2, 0.25) is 0 Å². The van der Waals surface area contributed by atoms with Crippen LogP contribution in [-0.2, 0) is 0 Å². The first-order chi connectivity index (χ1) is 8.79. The highest BCUT2D eigenvalue weighted by molar-refractivity contribution is 4.84. The predicted molar refractivity (Wildman–Crippen MR) is 78.0 cm³/mol. The van der Waals surface area contributed by atoms with Crippen molar-refractivity contribution in [1.29, 1.82) is 0 Å². The number of nitrogens with one attached hydrogen (secondary N) is 1. The third kappa shape index (κ3) is 4.22. The Hall–Kier alpha value is -0.120. The van der Waals surface area contributed by atoms with Crippen molar-refractivity contribution in [3.8, 4) is 0 Å². The molecular weight excluding hydrogens is 222 g/mol. The minimum atomic E-state index is 0.817. The first-order valence-corrected chi connectivity index (χ1v) is 7.94. The van der Waals surface area contributed by atoms with Gasteiger partial charge in [-0.2, -0.15) is 0 Å². The van der Waals surface area contributed by atoms with Crippen LogP contribution < -0.4 is 5.32 Å². The van der Waals surface area contributed by atoms with Gasteiger partial charge in [-0.1, -0.05) is 13.3 Å². The second-order valence-electron chi connectivity index (χ2n) is 6.19. The molecule has 1 aliphatic carbocycles. The zero-order valence-corrected chi connectivity index (χ0v) is 12.3. The molecule has 0 spiro atoms. The molecule has 2 aliphatic rings. The third-order valence-corrected chi connectivity index (χ3v) is 4.73. The number of piperazine rings is 1. The van der Waals surface area contributed by atoms with E-state index in [2.05, 4.69) is 29.1 Å². The molecule has 2 unspecified atom stereocenters. The lowest BCUT2D eigenvalue weighted by molar-refractivity contribution is 0.144. The van der Waals surface area contributed by atoms with Crippen LogP contribution in [0.25, 0.3) is 0 Å². The van der Waals surface area contributed by atoms with E-state index in [1.54, 1.807) is 0 Å². The first-order valence-electron chi connectivity index (χ1n) is 7.94. The van der Waals surface area contributed by atoms with Crippen molar-refractivity contribution in [2.45, 2.75) is 45.1 Å². The Morgan fingerprint density at radius 3 is 2.61 bits per heavy atom. The van der Waals surface area contributed by atoms with Gasteiger partial charge in [0.2, 0.25) is 0 Å². The molecular formula is C15H31N3. The summed E-state index contributed by atoms with van der Waals surface area (Å²) in [5.74, 6) is 0.941. The van der Waals surface area contributed by atoms with Crippen LogP contribution in [0.5, 0.6) is 0 Å². The van der Waals surface area contributed by atoms with Gasteiger partial charge in [-0.25, -0.2) is 0 Å².